The van der Waals surface area contributed by atoms with Crippen LogP contribution in [0.2, 0.25) is 0 Å². The third-order valence-corrected chi connectivity index (χ3v) is 6.43. The van der Waals surface area contributed by atoms with Crippen molar-refractivity contribution in [3.63, 3.8) is 0 Å². The maximum atomic E-state index is 6.14. The van der Waals surface area contributed by atoms with Crippen molar-refractivity contribution < 1.29 is 13.9 Å². The summed E-state index contributed by atoms with van der Waals surface area (Å²) in [5, 5.41) is 4.29. The number of aryl methyl sites for hydroxylation is 1. The fourth-order valence-corrected chi connectivity index (χ4v) is 4.80. The molecule has 0 saturated heterocycles. The van der Waals surface area contributed by atoms with E-state index in [4.69, 9.17) is 24.6 Å². The first-order chi connectivity index (χ1) is 16.3. The fourth-order valence-electron chi connectivity index (χ4n) is 3.75. The molecule has 4 heterocycles. The SMILES string of the molecule is Cc1ccc(-c2cc3c(cc2Sc2nc4c(N)ncnc4n2CCNCC(C)(C)C)OCO3)o1. The summed E-state index contributed by atoms with van der Waals surface area (Å²) in [7, 11) is 0. The second kappa shape index (κ2) is 8.84. The van der Waals surface area contributed by atoms with Crippen LogP contribution in [0.1, 0.15) is 26.5 Å². The number of nitrogens with two attached hydrogens (primary N) is 1. The summed E-state index contributed by atoms with van der Waals surface area (Å²) in [4.78, 5) is 14.4. The number of imidazole rings is 1. The predicted molar refractivity (Wildman–Crippen MR) is 131 cm³/mol. The fraction of sp³-hybridized carbons (Fsp3) is 0.375. The van der Waals surface area contributed by atoms with Gasteiger partial charge in [0.2, 0.25) is 6.79 Å². The quantitative estimate of drug-likeness (QED) is 0.369. The summed E-state index contributed by atoms with van der Waals surface area (Å²) in [5.74, 6) is 3.35. The van der Waals surface area contributed by atoms with E-state index in [1.165, 1.54) is 18.1 Å². The lowest BCUT2D eigenvalue weighted by molar-refractivity contribution is 0.174. The normalized spacial score (nSPS) is 13.2. The number of nitrogens with zero attached hydrogens (tertiary/aromatic N) is 4. The van der Waals surface area contributed by atoms with Crippen LogP contribution in [0.4, 0.5) is 5.82 Å². The van der Waals surface area contributed by atoms with Gasteiger partial charge in [0.1, 0.15) is 17.8 Å². The van der Waals surface area contributed by atoms with Crippen molar-refractivity contribution in [2.45, 2.75) is 44.3 Å². The summed E-state index contributed by atoms with van der Waals surface area (Å²) < 4.78 is 19.3. The molecule has 10 heteroatoms. The molecule has 0 spiro atoms. The number of benzene rings is 1. The Morgan fingerprint density at radius 3 is 2.68 bits per heavy atom. The third kappa shape index (κ3) is 4.55. The van der Waals surface area contributed by atoms with Crippen molar-refractivity contribution in [1.82, 2.24) is 24.8 Å². The van der Waals surface area contributed by atoms with Gasteiger partial charge in [0, 0.05) is 30.1 Å². The summed E-state index contributed by atoms with van der Waals surface area (Å²) in [6.45, 7) is 11.1. The molecule has 34 heavy (non-hydrogen) atoms. The Bertz CT molecular complexity index is 1340. The van der Waals surface area contributed by atoms with Crippen LogP contribution in [0, 0.1) is 12.3 Å². The minimum absolute atomic E-state index is 0.198. The molecule has 0 fully saturated rings. The maximum Gasteiger partial charge on any atom is 0.231 e. The molecule has 9 nitrogen and oxygen atoms in total. The number of ether oxygens (including phenoxy) is 2. The van der Waals surface area contributed by atoms with E-state index in [1.807, 2.05) is 31.2 Å². The molecule has 0 unspecified atom stereocenters. The van der Waals surface area contributed by atoms with Gasteiger partial charge < -0.3 is 29.5 Å². The van der Waals surface area contributed by atoms with Crippen LogP contribution in [0.25, 0.3) is 22.5 Å². The Labute approximate surface area is 202 Å². The van der Waals surface area contributed by atoms with Crippen LogP contribution in [0.15, 0.2) is 45.1 Å². The highest BCUT2D eigenvalue weighted by molar-refractivity contribution is 7.99. The van der Waals surface area contributed by atoms with Gasteiger partial charge in [0.05, 0.1) is 0 Å². The molecule has 0 atom stereocenters. The molecule has 178 valence electrons. The van der Waals surface area contributed by atoms with E-state index in [9.17, 15) is 0 Å². The van der Waals surface area contributed by atoms with Crippen molar-refractivity contribution in [1.29, 1.82) is 0 Å². The molecule has 3 aromatic heterocycles. The molecule has 1 aliphatic heterocycles. The zero-order valence-corrected chi connectivity index (χ0v) is 20.5. The first-order valence-corrected chi connectivity index (χ1v) is 12.0. The molecule has 1 aliphatic rings. The third-order valence-electron chi connectivity index (χ3n) is 5.37. The van der Waals surface area contributed by atoms with E-state index in [-0.39, 0.29) is 12.2 Å². The number of aromatic nitrogens is 4. The molecular formula is C24H28N6O3S. The molecular weight excluding hydrogens is 452 g/mol. The van der Waals surface area contributed by atoms with Crippen molar-refractivity contribution in [2.24, 2.45) is 5.41 Å². The van der Waals surface area contributed by atoms with Gasteiger partial charge in [-0.3, -0.25) is 0 Å². The molecule has 4 aromatic rings. The Balaban J connectivity index is 1.53. The lowest BCUT2D eigenvalue weighted by Crippen LogP contribution is -2.29. The topological polar surface area (TPSA) is 113 Å². The highest BCUT2D eigenvalue weighted by Gasteiger charge is 2.23. The van der Waals surface area contributed by atoms with Crippen molar-refractivity contribution in [3.8, 4) is 22.8 Å². The summed E-state index contributed by atoms with van der Waals surface area (Å²) >= 11 is 1.51. The van der Waals surface area contributed by atoms with Crippen LogP contribution in [0.5, 0.6) is 11.5 Å². The first-order valence-electron chi connectivity index (χ1n) is 11.1. The molecule has 0 radical (unpaired) electrons. The Kier molecular flexibility index (Phi) is 5.86. The molecule has 0 bridgehead atoms. The van der Waals surface area contributed by atoms with Gasteiger partial charge in [-0.2, -0.15) is 0 Å². The number of anilines is 1. The van der Waals surface area contributed by atoms with Gasteiger partial charge in [-0.05, 0) is 36.6 Å². The zero-order valence-electron chi connectivity index (χ0n) is 19.7. The Hall–Kier alpha value is -3.24. The minimum Gasteiger partial charge on any atom is -0.461 e. The minimum atomic E-state index is 0.198. The summed E-state index contributed by atoms with van der Waals surface area (Å²) in [6.07, 6.45) is 1.48. The van der Waals surface area contributed by atoms with E-state index >= 15 is 0 Å². The zero-order chi connectivity index (χ0) is 23.9. The molecule has 0 amide bonds. The molecule has 1 aromatic carbocycles. The second-order valence-corrected chi connectivity index (χ2v) is 10.4. The number of fused-ring (bicyclic) bond motifs is 2. The van der Waals surface area contributed by atoms with Crippen LogP contribution >= 0.6 is 11.8 Å². The molecule has 0 aliphatic carbocycles. The highest BCUT2D eigenvalue weighted by atomic mass is 32.2. The van der Waals surface area contributed by atoms with Crippen molar-refractivity contribution in [3.05, 3.63) is 36.4 Å². The molecule has 3 N–H and O–H groups in total. The van der Waals surface area contributed by atoms with Gasteiger partial charge in [-0.15, -0.1) is 0 Å². The van der Waals surface area contributed by atoms with Gasteiger partial charge in [-0.1, -0.05) is 32.5 Å². The van der Waals surface area contributed by atoms with Gasteiger partial charge in [-0.25, -0.2) is 15.0 Å². The molecule has 0 saturated carbocycles. The van der Waals surface area contributed by atoms with E-state index in [0.29, 0.717) is 35.0 Å². The van der Waals surface area contributed by atoms with Crippen LogP contribution in [-0.2, 0) is 6.54 Å². The van der Waals surface area contributed by atoms with Gasteiger partial charge >= 0.3 is 0 Å². The van der Waals surface area contributed by atoms with Gasteiger partial charge in [0.15, 0.2) is 33.6 Å². The van der Waals surface area contributed by atoms with E-state index in [2.05, 4.69) is 40.6 Å². The first kappa shape index (κ1) is 22.5. The Morgan fingerprint density at radius 1 is 1.15 bits per heavy atom. The number of hydrogen-bond donors (Lipinski definition) is 2. The number of furan rings is 1. The predicted octanol–water partition coefficient (Wildman–Crippen LogP) is 4.49. The smallest absolute Gasteiger partial charge is 0.231 e. The van der Waals surface area contributed by atoms with E-state index in [0.717, 1.165) is 40.2 Å². The average Bonchev–Trinajstić information content (AvgIpc) is 3.49. The second-order valence-electron chi connectivity index (χ2n) is 9.43. The van der Waals surface area contributed by atoms with Crippen molar-refractivity contribution in [2.75, 3.05) is 25.6 Å². The number of nitrogens with one attached hydrogen (secondary N) is 1. The van der Waals surface area contributed by atoms with E-state index in [1.54, 1.807) is 0 Å². The van der Waals surface area contributed by atoms with Gasteiger partial charge in [0.25, 0.3) is 0 Å². The monoisotopic (exact) mass is 480 g/mol. The summed E-state index contributed by atoms with van der Waals surface area (Å²) in [5.41, 5.74) is 8.55. The largest absolute Gasteiger partial charge is 0.461 e. The maximum absolute atomic E-state index is 6.14. The van der Waals surface area contributed by atoms with Crippen LogP contribution in [-0.4, -0.2) is 39.4 Å². The Morgan fingerprint density at radius 2 is 1.94 bits per heavy atom. The lowest BCUT2D eigenvalue weighted by Gasteiger charge is -2.19. The summed E-state index contributed by atoms with van der Waals surface area (Å²) in [6, 6.07) is 7.83. The number of nitrogen functional groups attached to an aromatic ring is 1. The standard InChI is InChI=1S/C24H28N6O3S/c1-14-5-6-16(33-14)15-9-17-18(32-13-31-17)10-19(15)34-23-29-20-21(25)27-12-28-22(20)30(23)8-7-26-11-24(2,3)4/h5-6,9-10,12,26H,7-8,11,13H2,1-4H3,(H2,25,27,28). The van der Waals surface area contributed by atoms with Crippen molar-refractivity contribution >= 4 is 28.7 Å². The van der Waals surface area contributed by atoms with Crippen LogP contribution < -0.4 is 20.5 Å². The average molecular weight is 481 g/mol. The van der Waals surface area contributed by atoms with E-state index < -0.39 is 0 Å². The lowest BCUT2D eigenvalue weighted by atomic mass is 9.97. The molecule has 5 rings (SSSR count). The number of rotatable bonds is 7. The number of hydrogen-bond acceptors (Lipinski definition) is 9. The van der Waals surface area contributed by atoms with Crippen LogP contribution in [0.3, 0.4) is 0 Å². The highest BCUT2D eigenvalue weighted by Crippen LogP contribution is 2.45.